The number of carbonyl (C=O) groups is 1. The number of amides is 1. The van der Waals surface area contributed by atoms with Crippen LogP contribution in [-0.2, 0) is 27.8 Å². The van der Waals surface area contributed by atoms with Crippen LogP contribution in [0.4, 0.5) is 0 Å². The summed E-state index contributed by atoms with van der Waals surface area (Å²) in [5.41, 5.74) is 2.46. The molecular formula is C23H28N2O5S. The van der Waals surface area contributed by atoms with Gasteiger partial charge in [-0.1, -0.05) is 24.3 Å². The van der Waals surface area contributed by atoms with Crippen molar-refractivity contribution < 1.29 is 22.7 Å². The summed E-state index contributed by atoms with van der Waals surface area (Å²) in [7, 11) is -0.760. The van der Waals surface area contributed by atoms with E-state index in [2.05, 4.69) is 12.1 Å². The first-order valence-corrected chi connectivity index (χ1v) is 12.0. The first-order chi connectivity index (χ1) is 14.9. The van der Waals surface area contributed by atoms with Gasteiger partial charge in [0.2, 0.25) is 15.9 Å². The van der Waals surface area contributed by atoms with Crippen LogP contribution in [0, 0.1) is 5.92 Å². The molecule has 2 aliphatic rings. The van der Waals surface area contributed by atoms with Gasteiger partial charge >= 0.3 is 0 Å². The maximum Gasteiger partial charge on any atom is 0.243 e. The molecule has 0 spiro atoms. The molecule has 4 rings (SSSR count). The van der Waals surface area contributed by atoms with E-state index in [9.17, 15) is 13.2 Å². The molecule has 31 heavy (non-hydrogen) atoms. The molecule has 0 aromatic heterocycles. The number of piperidine rings is 1. The molecule has 0 saturated carbocycles. The van der Waals surface area contributed by atoms with Crippen molar-refractivity contribution in [2.75, 3.05) is 33.9 Å². The quantitative estimate of drug-likeness (QED) is 0.709. The fourth-order valence-corrected chi connectivity index (χ4v) is 5.97. The average molecular weight is 445 g/mol. The molecule has 8 heteroatoms. The molecule has 1 atom stereocenters. The van der Waals surface area contributed by atoms with Crippen LogP contribution in [0.25, 0.3) is 0 Å². The van der Waals surface area contributed by atoms with E-state index in [0.29, 0.717) is 44.0 Å². The molecule has 0 bridgehead atoms. The van der Waals surface area contributed by atoms with Crippen molar-refractivity contribution in [1.82, 2.24) is 9.21 Å². The Balaban J connectivity index is 1.50. The molecule has 2 aromatic carbocycles. The van der Waals surface area contributed by atoms with E-state index in [-0.39, 0.29) is 23.3 Å². The molecule has 0 aliphatic carbocycles. The van der Waals surface area contributed by atoms with Crippen LogP contribution in [0.1, 0.15) is 24.0 Å². The van der Waals surface area contributed by atoms with E-state index in [1.165, 1.54) is 41.8 Å². The Bertz CT molecular complexity index is 1070. The molecule has 0 N–H and O–H groups in total. The minimum Gasteiger partial charge on any atom is -0.493 e. The summed E-state index contributed by atoms with van der Waals surface area (Å²) in [6.45, 7) is 1.87. The summed E-state index contributed by atoms with van der Waals surface area (Å²) in [6, 6.07) is 12.8. The lowest BCUT2D eigenvalue weighted by molar-refractivity contribution is -0.137. The van der Waals surface area contributed by atoms with Crippen LogP contribution in [-0.4, -0.2) is 57.4 Å². The maximum absolute atomic E-state index is 13.3. The Morgan fingerprint density at radius 3 is 2.48 bits per heavy atom. The van der Waals surface area contributed by atoms with E-state index < -0.39 is 10.0 Å². The zero-order valence-electron chi connectivity index (χ0n) is 17.9. The van der Waals surface area contributed by atoms with E-state index in [1.54, 1.807) is 6.07 Å². The van der Waals surface area contributed by atoms with Crippen molar-refractivity contribution in [3.05, 3.63) is 53.6 Å². The topological polar surface area (TPSA) is 76.2 Å². The van der Waals surface area contributed by atoms with Crippen LogP contribution >= 0.6 is 0 Å². The Labute approximate surface area is 183 Å². The lowest BCUT2D eigenvalue weighted by atomic mass is 9.95. The summed E-state index contributed by atoms with van der Waals surface area (Å²) in [6.07, 6.45) is 2.20. The van der Waals surface area contributed by atoms with E-state index in [0.717, 1.165) is 6.42 Å². The fourth-order valence-electron chi connectivity index (χ4n) is 4.43. The Morgan fingerprint density at radius 2 is 1.74 bits per heavy atom. The van der Waals surface area contributed by atoms with Gasteiger partial charge in [-0.05, 0) is 42.5 Å². The number of ether oxygens (including phenoxy) is 2. The van der Waals surface area contributed by atoms with Gasteiger partial charge in [0.25, 0.3) is 0 Å². The van der Waals surface area contributed by atoms with Crippen molar-refractivity contribution in [3.63, 3.8) is 0 Å². The zero-order chi connectivity index (χ0) is 22.0. The van der Waals surface area contributed by atoms with Crippen molar-refractivity contribution >= 4 is 15.9 Å². The molecule has 1 amide bonds. The van der Waals surface area contributed by atoms with Crippen LogP contribution in [0.3, 0.4) is 0 Å². The summed E-state index contributed by atoms with van der Waals surface area (Å²) in [4.78, 5) is 15.2. The molecule has 1 fully saturated rings. The molecule has 1 saturated heterocycles. The van der Waals surface area contributed by atoms with Gasteiger partial charge < -0.3 is 14.4 Å². The molecule has 0 unspecified atom stereocenters. The van der Waals surface area contributed by atoms with Gasteiger partial charge in [-0.25, -0.2) is 8.42 Å². The highest BCUT2D eigenvalue weighted by molar-refractivity contribution is 7.89. The SMILES string of the molecule is COc1ccc(S(=O)(=O)N2CCC[C@@H](C(=O)N3CCc4ccccc4C3)C2)cc1OC. The second kappa shape index (κ2) is 8.88. The number of nitrogens with zero attached hydrogens (tertiary/aromatic N) is 2. The number of fused-ring (bicyclic) bond motifs is 1. The van der Waals surface area contributed by atoms with Gasteiger partial charge in [0.05, 0.1) is 25.0 Å². The van der Waals surface area contributed by atoms with Crippen molar-refractivity contribution in [2.24, 2.45) is 5.92 Å². The number of carbonyl (C=O) groups excluding carboxylic acids is 1. The van der Waals surface area contributed by atoms with Crippen molar-refractivity contribution in [2.45, 2.75) is 30.7 Å². The van der Waals surface area contributed by atoms with E-state index in [4.69, 9.17) is 9.47 Å². The molecule has 7 nitrogen and oxygen atoms in total. The maximum atomic E-state index is 13.3. The summed E-state index contributed by atoms with van der Waals surface area (Å²) in [5, 5.41) is 0. The summed E-state index contributed by atoms with van der Waals surface area (Å²) >= 11 is 0. The number of hydrogen-bond acceptors (Lipinski definition) is 5. The van der Waals surface area contributed by atoms with Crippen molar-refractivity contribution in [3.8, 4) is 11.5 Å². The number of sulfonamides is 1. The fraction of sp³-hybridized carbons (Fsp3) is 0.435. The summed E-state index contributed by atoms with van der Waals surface area (Å²) < 4.78 is 38.4. The van der Waals surface area contributed by atoms with Gasteiger partial charge in [-0.15, -0.1) is 0 Å². The van der Waals surface area contributed by atoms with E-state index >= 15 is 0 Å². The van der Waals surface area contributed by atoms with Crippen LogP contribution in [0.5, 0.6) is 11.5 Å². The van der Waals surface area contributed by atoms with Crippen LogP contribution in [0.15, 0.2) is 47.4 Å². The van der Waals surface area contributed by atoms with Crippen molar-refractivity contribution in [1.29, 1.82) is 0 Å². The van der Waals surface area contributed by atoms with Crippen LogP contribution < -0.4 is 9.47 Å². The minimum atomic E-state index is -3.74. The highest BCUT2D eigenvalue weighted by Crippen LogP contribution is 2.32. The molecule has 166 valence electrons. The Kier molecular flexibility index (Phi) is 6.20. The Hall–Kier alpha value is -2.58. The summed E-state index contributed by atoms with van der Waals surface area (Å²) in [5.74, 6) is 0.550. The standard InChI is InChI=1S/C23H28N2O5S/c1-29-21-10-9-20(14-22(21)30-2)31(27,28)25-12-5-8-19(16-25)23(26)24-13-11-17-6-3-4-7-18(17)15-24/h3-4,6-7,9-10,14,19H,5,8,11-13,15-16H2,1-2H3/t19-/m1/s1. The van der Waals surface area contributed by atoms with E-state index in [1.807, 2.05) is 17.0 Å². The number of benzene rings is 2. The highest BCUT2D eigenvalue weighted by Gasteiger charge is 2.36. The highest BCUT2D eigenvalue weighted by atomic mass is 32.2. The second-order valence-electron chi connectivity index (χ2n) is 8.00. The first kappa shape index (κ1) is 21.6. The molecule has 2 aromatic rings. The first-order valence-electron chi connectivity index (χ1n) is 10.5. The third-order valence-electron chi connectivity index (χ3n) is 6.17. The molecule has 2 heterocycles. The Morgan fingerprint density at radius 1 is 1.00 bits per heavy atom. The normalized spacial score (nSPS) is 19.5. The molecular weight excluding hydrogens is 416 g/mol. The average Bonchev–Trinajstić information content (AvgIpc) is 2.82. The predicted molar refractivity (Wildman–Crippen MR) is 117 cm³/mol. The molecule has 0 radical (unpaired) electrons. The third-order valence-corrected chi connectivity index (χ3v) is 8.03. The van der Waals surface area contributed by atoms with Gasteiger partial charge in [0.1, 0.15) is 0 Å². The van der Waals surface area contributed by atoms with Gasteiger partial charge in [-0.3, -0.25) is 4.79 Å². The number of rotatable bonds is 5. The predicted octanol–water partition coefficient (Wildman–Crippen LogP) is 2.69. The third kappa shape index (κ3) is 4.27. The minimum absolute atomic E-state index is 0.0433. The largest absolute Gasteiger partial charge is 0.493 e. The van der Waals surface area contributed by atoms with Gasteiger partial charge in [0.15, 0.2) is 11.5 Å². The monoisotopic (exact) mass is 444 g/mol. The second-order valence-corrected chi connectivity index (χ2v) is 9.94. The van der Waals surface area contributed by atoms with Gasteiger partial charge in [0, 0.05) is 32.2 Å². The lowest BCUT2D eigenvalue weighted by Gasteiger charge is -2.36. The van der Waals surface area contributed by atoms with Crippen LogP contribution in [0.2, 0.25) is 0 Å². The number of methoxy groups -OCH3 is 2. The number of hydrogen-bond donors (Lipinski definition) is 0. The molecule has 2 aliphatic heterocycles. The zero-order valence-corrected chi connectivity index (χ0v) is 18.7. The lowest BCUT2D eigenvalue weighted by Crippen LogP contribution is -2.47. The smallest absolute Gasteiger partial charge is 0.243 e. The van der Waals surface area contributed by atoms with Gasteiger partial charge in [-0.2, -0.15) is 4.31 Å².